The zero-order valence-electron chi connectivity index (χ0n) is 13.2. The average Bonchev–Trinajstić information content (AvgIpc) is 2.95. The molecule has 24 heavy (non-hydrogen) atoms. The van der Waals surface area contributed by atoms with E-state index in [2.05, 4.69) is 10.6 Å². The first kappa shape index (κ1) is 17.1. The number of anilines is 1. The summed E-state index contributed by atoms with van der Waals surface area (Å²) in [7, 11) is 0. The molecule has 4 nitrogen and oxygen atoms in total. The van der Waals surface area contributed by atoms with Gasteiger partial charge in [0.15, 0.2) is 0 Å². The number of amides is 2. The third-order valence-electron chi connectivity index (χ3n) is 4.69. The Kier molecular flexibility index (Phi) is 4.99. The molecule has 2 N–H and O–H groups in total. The molecule has 7 heteroatoms. The lowest BCUT2D eigenvalue weighted by atomic mass is 9.82. The maximum absolute atomic E-state index is 12.5. The van der Waals surface area contributed by atoms with Crippen molar-refractivity contribution in [1.29, 1.82) is 0 Å². The van der Waals surface area contributed by atoms with Gasteiger partial charge in [-0.3, -0.25) is 0 Å². The predicted octanol–water partition coefficient (Wildman–Crippen LogP) is 3.87. The first-order valence-electron chi connectivity index (χ1n) is 8.25. The van der Waals surface area contributed by atoms with Gasteiger partial charge in [-0.25, -0.2) is 4.79 Å². The molecule has 0 spiro atoms. The number of halogens is 3. The highest BCUT2D eigenvalue weighted by molar-refractivity contribution is 5.89. The number of nitrogens with one attached hydrogen (secondary N) is 2. The standard InChI is InChI=1S/C17H21F3N2O2/c18-17(19,20)10-11-3-1-4-12(9-11)21-16(23)22-14-5-2-6-15-13(14)7-8-24-15/h1,3-4,9,13-15H,2,5-8,10H2,(H2,21,22,23). The minimum absolute atomic E-state index is 0.0598. The van der Waals surface area contributed by atoms with Crippen molar-refractivity contribution in [2.24, 2.45) is 5.92 Å². The molecule has 1 saturated carbocycles. The monoisotopic (exact) mass is 342 g/mol. The second kappa shape index (κ2) is 7.01. The Morgan fingerprint density at radius 2 is 2.08 bits per heavy atom. The van der Waals surface area contributed by atoms with E-state index in [9.17, 15) is 18.0 Å². The summed E-state index contributed by atoms with van der Waals surface area (Å²) in [6, 6.07) is 5.54. The van der Waals surface area contributed by atoms with Crippen molar-refractivity contribution >= 4 is 11.7 Å². The molecule has 1 saturated heterocycles. The minimum Gasteiger partial charge on any atom is -0.378 e. The molecule has 3 atom stereocenters. The van der Waals surface area contributed by atoms with Crippen molar-refractivity contribution < 1.29 is 22.7 Å². The van der Waals surface area contributed by atoms with Crippen LogP contribution in [0, 0.1) is 5.92 Å². The molecule has 2 amide bonds. The van der Waals surface area contributed by atoms with Crippen molar-refractivity contribution in [3.8, 4) is 0 Å². The van der Waals surface area contributed by atoms with Gasteiger partial charge in [0.2, 0.25) is 0 Å². The average molecular weight is 342 g/mol. The molecule has 1 aromatic rings. The van der Waals surface area contributed by atoms with Crippen molar-refractivity contribution in [2.45, 2.75) is 50.4 Å². The van der Waals surface area contributed by atoms with E-state index in [0.29, 0.717) is 11.6 Å². The fourth-order valence-corrected chi connectivity index (χ4v) is 3.68. The number of hydrogen-bond acceptors (Lipinski definition) is 2. The Balaban J connectivity index is 1.57. The third-order valence-corrected chi connectivity index (χ3v) is 4.69. The highest BCUT2D eigenvalue weighted by Gasteiger charge is 2.38. The fraction of sp³-hybridized carbons (Fsp3) is 0.588. The van der Waals surface area contributed by atoms with Gasteiger partial charge >= 0.3 is 12.2 Å². The first-order valence-corrected chi connectivity index (χ1v) is 8.25. The van der Waals surface area contributed by atoms with Crippen LogP contribution < -0.4 is 10.6 Å². The van der Waals surface area contributed by atoms with Crippen LogP contribution in [0.4, 0.5) is 23.7 Å². The maximum Gasteiger partial charge on any atom is 0.393 e. The number of benzene rings is 1. The largest absolute Gasteiger partial charge is 0.393 e. The summed E-state index contributed by atoms with van der Waals surface area (Å²) < 4.78 is 43.0. The fourth-order valence-electron chi connectivity index (χ4n) is 3.68. The summed E-state index contributed by atoms with van der Waals surface area (Å²) in [6.45, 7) is 0.731. The van der Waals surface area contributed by atoms with Crippen molar-refractivity contribution in [1.82, 2.24) is 5.32 Å². The van der Waals surface area contributed by atoms with Crippen LogP contribution in [-0.2, 0) is 11.2 Å². The number of alkyl halides is 3. The summed E-state index contributed by atoms with van der Waals surface area (Å²) in [5, 5.41) is 5.59. The summed E-state index contributed by atoms with van der Waals surface area (Å²) in [6.07, 6.45) is -1.16. The van der Waals surface area contributed by atoms with E-state index in [1.807, 2.05) is 0 Å². The van der Waals surface area contributed by atoms with Crippen LogP contribution >= 0.6 is 0 Å². The van der Waals surface area contributed by atoms with Gasteiger partial charge in [0, 0.05) is 24.3 Å². The molecule has 3 unspecified atom stereocenters. The van der Waals surface area contributed by atoms with Gasteiger partial charge in [-0.15, -0.1) is 0 Å². The van der Waals surface area contributed by atoms with Crippen LogP contribution in [0.5, 0.6) is 0 Å². The molecule has 0 aromatic heterocycles. The van der Waals surface area contributed by atoms with E-state index >= 15 is 0 Å². The van der Waals surface area contributed by atoms with Gasteiger partial charge in [0.25, 0.3) is 0 Å². The molecule has 2 aliphatic rings. The van der Waals surface area contributed by atoms with Crippen LogP contribution in [0.25, 0.3) is 0 Å². The van der Waals surface area contributed by atoms with Gasteiger partial charge in [-0.2, -0.15) is 13.2 Å². The second-order valence-corrected chi connectivity index (χ2v) is 6.49. The van der Waals surface area contributed by atoms with Gasteiger partial charge in [-0.1, -0.05) is 12.1 Å². The molecule has 1 aromatic carbocycles. The maximum atomic E-state index is 12.5. The number of rotatable bonds is 3. The molecular weight excluding hydrogens is 321 g/mol. The third kappa shape index (κ3) is 4.41. The Bertz CT molecular complexity index is 591. The van der Waals surface area contributed by atoms with Crippen LogP contribution in [0.15, 0.2) is 24.3 Å². The van der Waals surface area contributed by atoms with E-state index in [0.717, 1.165) is 32.3 Å². The molecule has 1 aliphatic heterocycles. The number of carbonyl (C=O) groups is 1. The van der Waals surface area contributed by atoms with Crippen molar-refractivity contribution in [2.75, 3.05) is 11.9 Å². The normalized spacial score (nSPS) is 26.7. The number of urea groups is 1. The second-order valence-electron chi connectivity index (χ2n) is 6.49. The molecular formula is C17H21F3N2O2. The van der Waals surface area contributed by atoms with Crippen LogP contribution in [0.1, 0.15) is 31.2 Å². The molecule has 1 aliphatic carbocycles. The van der Waals surface area contributed by atoms with Crippen LogP contribution in [-0.4, -0.2) is 31.0 Å². The molecule has 0 bridgehead atoms. The number of ether oxygens (including phenoxy) is 1. The van der Waals surface area contributed by atoms with Gasteiger partial charge in [-0.05, 0) is 43.4 Å². The lowest BCUT2D eigenvalue weighted by Crippen LogP contribution is -2.47. The Hall–Kier alpha value is -1.76. The quantitative estimate of drug-likeness (QED) is 0.876. The first-order chi connectivity index (χ1) is 11.4. The SMILES string of the molecule is O=C(Nc1cccc(CC(F)(F)F)c1)NC1CCCC2OCCC12. The Morgan fingerprint density at radius 1 is 1.25 bits per heavy atom. The number of hydrogen-bond donors (Lipinski definition) is 2. The van der Waals surface area contributed by atoms with Crippen LogP contribution in [0.2, 0.25) is 0 Å². The summed E-state index contributed by atoms with van der Waals surface area (Å²) >= 11 is 0. The van der Waals surface area contributed by atoms with Gasteiger partial charge < -0.3 is 15.4 Å². The highest BCUT2D eigenvalue weighted by atomic mass is 19.4. The topological polar surface area (TPSA) is 50.4 Å². The van der Waals surface area contributed by atoms with Crippen molar-refractivity contribution in [3.05, 3.63) is 29.8 Å². The molecule has 3 rings (SSSR count). The molecule has 2 fully saturated rings. The molecule has 1 heterocycles. The smallest absolute Gasteiger partial charge is 0.378 e. The summed E-state index contributed by atoms with van der Waals surface area (Å²) in [5.74, 6) is 0.334. The zero-order chi connectivity index (χ0) is 17.2. The van der Waals surface area contributed by atoms with Crippen molar-refractivity contribution in [3.63, 3.8) is 0 Å². The van der Waals surface area contributed by atoms with E-state index in [1.54, 1.807) is 6.07 Å². The van der Waals surface area contributed by atoms with E-state index in [4.69, 9.17) is 4.74 Å². The summed E-state index contributed by atoms with van der Waals surface area (Å²) in [5.41, 5.74) is 0.492. The van der Waals surface area contributed by atoms with E-state index < -0.39 is 12.6 Å². The number of carbonyl (C=O) groups excluding carboxylic acids is 1. The molecule has 132 valence electrons. The van der Waals surface area contributed by atoms with Gasteiger partial charge in [0.05, 0.1) is 12.5 Å². The predicted molar refractivity (Wildman–Crippen MR) is 83.8 cm³/mol. The Morgan fingerprint density at radius 3 is 2.88 bits per heavy atom. The van der Waals surface area contributed by atoms with Gasteiger partial charge in [0.1, 0.15) is 0 Å². The summed E-state index contributed by atoms with van der Waals surface area (Å²) in [4.78, 5) is 12.2. The van der Waals surface area contributed by atoms with E-state index in [-0.39, 0.29) is 23.7 Å². The zero-order valence-corrected chi connectivity index (χ0v) is 13.2. The highest BCUT2D eigenvalue weighted by Crippen LogP contribution is 2.34. The lowest BCUT2D eigenvalue weighted by Gasteiger charge is -2.33. The van der Waals surface area contributed by atoms with Crippen LogP contribution in [0.3, 0.4) is 0 Å². The molecule has 0 radical (unpaired) electrons. The van der Waals surface area contributed by atoms with E-state index in [1.165, 1.54) is 18.2 Å². The minimum atomic E-state index is -4.26. The Labute approximate surface area is 138 Å². The number of fused-ring (bicyclic) bond motifs is 1. The lowest BCUT2D eigenvalue weighted by molar-refractivity contribution is -0.127.